The van der Waals surface area contributed by atoms with Gasteiger partial charge in [-0.15, -0.1) is 0 Å². The van der Waals surface area contributed by atoms with Crippen molar-refractivity contribution in [3.05, 3.63) is 0 Å². The number of hydrogen-bond donors (Lipinski definition) is 2. The molecule has 2 fully saturated rings. The summed E-state index contributed by atoms with van der Waals surface area (Å²) in [5, 5.41) is 0. The van der Waals surface area contributed by atoms with Gasteiger partial charge in [-0.25, -0.2) is 0 Å². The third-order valence-electron chi connectivity index (χ3n) is 3.44. The molecule has 4 atom stereocenters. The molecule has 0 unspecified atom stereocenters. The standard InChI is InChI=1S/C9H19N3/c1-5(2)12-4-6-3-7(10)9(12)8(6)11/h5-9H,3-4,10-11H2,1-2H3/t6-,7+,8-,9-/m1/s1. The van der Waals surface area contributed by atoms with E-state index in [1.54, 1.807) is 0 Å². The first-order valence-corrected chi connectivity index (χ1v) is 4.88. The van der Waals surface area contributed by atoms with Gasteiger partial charge in [0.1, 0.15) is 0 Å². The summed E-state index contributed by atoms with van der Waals surface area (Å²) in [7, 11) is 0. The summed E-state index contributed by atoms with van der Waals surface area (Å²) in [4.78, 5) is 2.46. The maximum absolute atomic E-state index is 6.08. The predicted octanol–water partition coefficient (Wildman–Crippen LogP) is -0.246. The van der Waals surface area contributed by atoms with Gasteiger partial charge < -0.3 is 11.5 Å². The first-order chi connectivity index (χ1) is 5.61. The highest BCUT2D eigenvalue weighted by Crippen LogP contribution is 2.36. The Morgan fingerprint density at radius 3 is 2.33 bits per heavy atom. The predicted molar refractivity (Wildman–Crippen MR) is 49.7 cm³/mol. The second-order valence-electron chi connectivity index (χ2n) is 4.52. The molecule has 3 heteroatoms. The van der Waals surface area contributed by atoms with Gasteiger partial charge in [0, 0.05) is 30.7 Å². The largest absolute Gasteiger partial charge is 0.326 e. The molecule has 0 aromatic carbocycles. The molecule has 1 saturated carbocycles. The van der Waals surface area contributed by atoms with Crippen molar-refractivity contribution in [2.45, 2.75) is 44.4 Å². The van der Waals surface area contributed by atoms with Gasteiger partial charge in [-0.05, 0) is 26.2 Å². The first kappa shape index (κ1) is 8.48. The summed E-state index contributed by atoms with van der Waals surface area (Å²) in [6.07, 6.45) is 1.13. The van der Waals surface area contributed by atoms with Crippen molar-refractivity contribution in [1.82, 2.24) is 4.90 Å². The highest BCUT2D eigenvalue weighted by molar-refractivity contribution is 5.09. The molecule has 1 aliphatic carbocycles. The molecule has 1 aliphatic heterocycles. The molecule has 70 valence electrons. The van der Waals surface area contributed by atoms with E-state index < -0.39 is 0 Å². The number of hydrogen-bond acceptors (Lipinski definition) is 3. The molecule has 2 bridgehead atoms. The van der Waals surface area contributed by atoms with E-state index in [0.29, 0.717) is 30.1 Å². The van der Waals surface area contributed by atoms with Gasteiger partial charge >= 0.3 is 0 Å². The molecule has 1 heterocycles. The van der Waals surface area contributed by atoms with E-state index >= 15 is 0 Å². The summed E-state index contributed by atoms with van der Waals surface area (Å²) in [6, 6.07) is 1.70. The highest BCUT2D eigenvalue weighted by Gasteiger charge is 2.49. The Labute approximate surface area is 74.1 Å². The molecule has 2 rings (SSSR count). The molecular weight excluding hydrogens is 150 g/mol. The normalized spacial score (nSPS) is 47.8. The SMILES string of the molecule is CC(C)N1C[C@H]2C[C@H](N)[C@@H]1[C@@H]2N. The first-order valence-electron chi connectivity index (χ1n) is 4.88. The molecule has 0 radical (unpaired) electrons. The van der Waals surface area contributed by atoms with Crippen LogP contribution < -0.4 is 11.5 Å². The van der Waals surface area contributed by atoms with Gasteiger partial charge in [0.15, 0.2) is 0 Å². The summed E-state index contributed by atoms with van der Waals surface area (Å²) in [6.45, 7) is 5.61. The average Bonchev–Trinajstić information content (AvgIpc) is 2.42. The molecule has 4 N–H and O–H groups in total. The van der Waals surface area contributed by atoms with Crippen LogP contribution in [0.5, 0.6) is 0 Å². The van der Waals surface area contributed by atoms with Crippen molar-refractivity contribution in [3.8, 4) is 0 Å². The lowest BCUT2D eigenvalue weighted by Gasteiger charge is -2.34. The number of fused-ring (bicyclic) bond motifs is 2. The van der Waals surface area contributed by atoms with Crippen LogP contribution in [0.15, 0.2) is 0 Å². The van der Waals surface area contributed by atoms with Crippen LogP contribution in [0, 0.1) is 5.92 Å². The van der Waals surface area contributed by atoms with Crippen molar-refractivity contribution in [2.75, 3.05) is 6.54 Å². The van der Waals surface area contributed by atoms with E-state index in [1.165, 1.54) is 0 Å². The molecule has 12 heavy (non-hydrogen) atoms. The van der Waals surface area contributed by atoms with Crippen LogP contribution in [0.2, 0.25) is 0 Å². The van der Waals surface area contributed by atoms with Gasteiger partial charge in [-0.1, -0.05) is 0 Å². The van der Waals surface area contributed by atoms with E-state index in [-0.39, 0.29) is 0 Å². The number of rotatable bonds is 1. The van der Waals surface area contributed by atoms with Crippen LogP contribution in [0.1, 0.15) is 20.3 Å². The Morgan fingerprint density at radius 1 is 1.33 bits per heavy atom. The van der Waals surface area contributed by atoms with Crippen LogP contribution in [0.3, 0.4) is 0 Å². The Hall–Kier alpha value is -0.120. The summed E-state index contributed by atoms with van der Waals surface area (Å²) in [5.41, 5.74) is 12.1. The fraction of sp³-hybridized carbons (Fsp3) is 1.00. The fourth-order valence-corrected chi connectivity index (χ4v) is 2.82. The van der Waals surface area contributed by atoms with Gasteiger partial charge in [-0.2, -0.15) is 0 Å². The monoisotopic (exact) mass is 169 g/mol. The smallest absolute Gasteiger partial charge is 0.0404 e. The van der Waals surface area contributed by atoms with Gasteiger partial charge in [0.2, 0.25) is 0 Å². The van der Waals surface area contributed by atoms with Crippen LogP contribution in [-0.4, -0.2) is 35.6 Å². The zero-order valence-corrected chi connectivity index (χ0v) is 7.90. The lowest BCUT2D eigenvalue weighted by atomic mass is 10.1. The van der Waals surface area contributed by atoms with Gasteiger partial charge in [0.05, 0.1) is 0 Å². The summed E-state index contributed by atoms with van der Waals surface area (Å²) < 4.78 is 0. The summed E-state index contributed by atoms with van der Waals surface area (Å²) in [5.74, 6) is 0.660. The number of likely N-dealkylation sites (tertiary alicyclic amines) is 1. The third kappa shape index (κ3) is 1.00. The third-order valence-corrected chi connectivity index (χ3v) is 3.44. The van der Waals surface area contributed by atoms with Gasteiger partial charge in [0.25, 0.3) is 0 Å². The van der Waals surface area contributed by atoms with Crippen molar-refractivity contribution in [3.63, 3.8) is 0 Å². The molecule has 0 aromatic heterocycles. The quantitative estimate of drug-likeness (QED) is 0.569. The second-order valence-corrected chi connectivity index (χ2v) is 4.52. The van der Waals surface area contributed by atoms with E-state index in [0.717, 1.165) is 13.0 Å². The van der Waals surface area contributed by atoms with E-state index in [2.05, 4.69) is 18.7 Å². The molecule has 0 amide bonds. The lowest BCUT2D eigenvalue weighted by molar-refractivity contribution is 0.151. The fourth-order valence-electron chi connectivity index (χ4n) is 2.82. The van der Waals surface area contributed by atoms with Gasteiger partial charge in [-0.3, -0.25) is 4.90 Å². The maximum Gasteiger partial charge on any atom is 0.0404 e. The highest BCUT2D eigenvalue weighted by atomic mass is 15.3. The topological polar surface area (TPSA) is 55.3 Å². The van der Waals surface area contributed by atoms with E-state index in [4.69, 9.17) is 11.5 Å². The van der Waals surface area contributed by atoms with Crippen LogP contribution in [-0.2, 0) is 0 Å². The molecule has 0 aromatic rings. The molecule has 1 saturated heterocycles. The van der Waals surface area contributed by atoms with Crippen LogP contribution >= 0.6 is 0 Å². The minimum atomic E-state index is 0.321. The van der Waals surface area contributed by atoms with E-state index in [9.17, 15) is 0 Å². The van der Waals surface area contributed by atoms with Crippen molar-refractivity contribution in [2.24, 2.45) is 17.4 Å². The Bertz CT molecular complexity index is 181. The zero-order chi connectivity index (χ0) is 8.88. The van der Waals surface area contributed by atoms with E-state index in [1.807, 2.05) is 0 Å². The minimum Gasteiger partial charge on any atom is -0.326 e. The summed E-state index contributed by atoms with van der Waals surface area (Å²) >= 11 is 0. The molecule has 2 aliphatic rings. The Morgan fingerprint density at radius 2 is 2.00 bits per heavy atom. The van der Waals surface area contributed by atoms with Crippen LogP contribution in [0.4, 0.5) is 0 Å². The Balaban J connectivity index is 2.14. The lowest BCUT2D eigenvalue weighted by Crippen LogP contribution is -2.51. The number of piperidine rings is 1. The van der Waals surface area contributed by atoms with Crippen molar-refractivity contribution >= 4 is 0 Å². The van der Waals surface area contributed by atoms with Crippen LogP contribution in [0.25, 0.3) is 0 Å². The average molecular weight is 169 g/mol. The molecular formula is C9H19N3. The molecule has 3 nitrogen and oxygen atoms in total. The van der Waals surface area contributed by atoms with Crippen molar-refractivity contribution < 1.29 is 0 Å². The minimum absolute atomic E-state index is 0.321. The second kappa shape index (κ2) is 2.69. The molecule has 0 spiro atoms. The Kier molecular flexibility index (Phi) is 1.90. The number of nitrogens with two attached hydrogens (primary N) is 2. The number of nitrogens with zero attached hydrogens (tertiary/aromatic N) is 1. The maximum atomic E-state index is 6.08. The van der Waals surface area contributed by atoms with Crippen molar-refractivity contribution in [1.29, 1.82) is 0 Å². The zero-order valence-electron chi connectivity index (χ0n) is 7.90.